The fraction of sp³-hybridized carbons (Fsp3) is 0.357. The maximum Gasteiger partial charge on any atom is 0.255 e. The number of thiophene rings is 1. The summed E-state index contributed by atoms with van der Waals surface area (Å²) in [5, 5.41) is 6.11. The molecular weight excluding hydrogens is 274 g/mol. The van der Waals surface area contributed by atoms with Gasteiger partial charge >= 0.3 is 0 Å². The summed E-state index contributed by atoms with van der Waals surface area (Å²) in [6.45, 7) is 3.11. The van der Waals surface area contributed by atoms with Gasteiger partial charge in [-0.1, -0.05) is 0 Å². The highest BCUT2D eigenvalue weighted by Gasteiger charge is 2.31. The zero-order chi connectivity index (χ0) is 13.5. The Hall–Kier alpha value is -1.63. The third kappa shape index (κ3) is 1.80. The summed E-state index contributed by atoms with van der Waals surface area (Å²) in [4.78, 5) is 14.7. The number of amides is 1. The van der Waals surface area contributed by atoms with Crippen LogP contribution in [0.3, 0.4) is 0 Å². The lowest BCUT2D eigenvalue weighted by molar-refractivity contribution is 0.00758. The van der Waals surface area contributed by atoms with Crippen LogP contribution >= 0.6 is 11.3 Å². The molecule has 0 aromatic carbocycles. The van der Waals surface area contributed by atoms with Crippen LogP contribution in [0.1, 0.15) is 22.2 Å². The summed E-state index contributed by atoms with van der Waals surface area (Å²) in [5.74, 6) is 0.00134. The molecule has 2 aliphatic rings. The standard InChI is InChI=1S/C14H15N3O2S/c18-13-10-3-9-20-14(10)17-4-1-2-11(17)12(15-13)16-5-7-19-8-6-16/h1-4,9,12H,5-8H2,(H,15,18). The minimum absolute atomic E-state index is 0.00134. The van der Waals surface area contributed by atoms with Crippen molar-refractivity contribution in [2.45, 2.75) is 6.17 Å². The summed E-state index contributed by atoms with van der Waals surface area (Å²) in [6, 6.07) is 6.00. The van der Waals surface area contributed by atoms with E-state index in [1.54, 1.807) is 11.3 Å². The van der Waals surface area contributed by atoms with Gasteiger partial charge in [-0.05, 0) is 23.6 Å². The monoisotopic (exact) mass is 289 g/mol. The SMILES string of the molecule is O=C1NC(N2CCOCC2)c2cccn2-c2sccc21. The van der Waals surface area contributed by atoms with E-state index in [0.717, 1.165) is 42.6 Å². The Morgan fingerprint density at radius 3 is 3.00 bits per heavy atom. The van der Waals surface area contributed by atoms with Crippen LogP contribution in [0.25, 0.3) is 5.00 Å². The molecule has 0 bridgehead atoms. The van der Waals surface area contributed by atoms with E-state index in [2.05, 4.69) is 20.9 Å². The molecule has 2 aromatic heterocycles. The van der Waals surface area contributed by atoms with Crippen molar-refractivity contribution in [3.63, 3.8) is 0 Å². The molecule has 5 nitrogen and oxygen atoms in total. The zero-order valence-electron chi connectivity index (χ0n) is 10.9. The van der Waals surface area contributed by atoms with Crippen LogP contribution in [0.2, 0.25) is 0 Å². The van der Waals surface area contributed by atoms with E-state index in [1.807, 2.05) is 23.7 Å². The van der Waals surface area contributed by atoms with Crippen LogP contribution in [0.4, 0.5) is 0 Å². The second-order valence-electron chi connectivity index (χ2n) is 4.97. The van der Waals surface area contributed by atoms with Crippen molar-refractivity contribution in [1.82, 2.24) is 14.8 Å². The van der Waals surface area contributed by atoms with Crippen LogP contribution in [0.15, 0.2) is 29.8 Å². The molecule has 4 heterocycles. The van der Waals surface area contributed by atoms with Gasteiger partial charge in [-0.3, -0.25) is 9.69 Å². The Morgan fingerprint density at radius 1 is 1.30 bits per heavy atom. The lowest BCUT2D eigenvalue weighted by Gasteiger charge is -2.34. The molecule has 2 aromatic rings. The largest absolute Gasteiger partial charge is 0.379 e. The number of carbonyl (C=O) groups excluding carboxylic acids is 1. The van der Waals surface area contributed by atoms with Crippen LogP contribution in [0.5, 0.6) is 0 Å². The lowest BCUT2D eigenvalue weighted by Crippen LogP contribution is -2.46. The van der Waals surface area contributed by atoms with Crippen molar-refractivity contribution in [3.05, 3.63) is 41.0 Å². The highest BCUT2D eigenvalue weighted by atomic mass is 32.1. The minimum Gasteiger partial charge on any atom is -0.379 e. The number of ether oxygens (including phenoxy) is 1. The molecule has 1 fully saturated rings. The van der Waals surface area contributed by atoms with E-state index in [9.17, 15) is 4.79 Å². The van der Waals surface area contributed by atoms with Crippen LogP contribution < -0.4 is 5.32 Å². The molecule has 1 N–H and O–H groups in total. The molecule has 0 saturated carbocycles. The highest BCUT2D eigenvalue weighted by Crippen LogP contribution is 2.31. The van der Waals surface area contributed by atoms with Crippen LogP contribution in [-0.2, 0) is 4.74 Å². The third-order valence-electron chi connectivity index (χ3n) is 3.85. The molecule has 0 radical (unpaired) electrons. The molecule has 104 valence electrons. The number of nitrogens with one attached hydrogen (secondary N) is 1. The van der Waals surface area contributed by atoms with Gasteiger partial charge in [0.15, 0.2) is 0 Å². The van der Waals surface area contributed by atoms with Gasteiger partial charge in [0.05, 0.1) is 24.5 Å². The van der Waals surface area contributed by atoms with E-state index in [0.29, 0.717) is 0 Å². The molecule has 4 rings (SSSR count). The highest BCUT2D eigenvalue weighted by molar-refractivity contribution is 7.13. The number of fused-ring (bicyclic) bond motifs is 3. The van der Waals surface area contributed by atoms with Gasteiger partial charge in [0.25, 0.3) is 5.91 Å². The zero-order valence-corrected chi connectivity index (χ0v) is 11.7. The minimum atomic E-state index is -0.0824. The first-order valence-electron chi connectivity index (χ1n) is 6.72. The molecule has 6 heteroatoms. The van der Waals surface area contributed by atoms with Crippen molar-refractivity contribution in [3.8, 4) is 5.00 Å². The summed E-state index contributed by atoms with van der Waals surface area (Å²) in [7, 11) is 0. The Bertz CT molecular complexity index is 642. The Morgan fingerprint density at radius 2 is 2.15 bits per heavy atom. The second kappa shape index (κ2) is 4.73. The number of hydrogen-bond acceptors (Lipinski definition) is 4. The average molecular weight is 289 g/mol. The molecule has 1 unspecified atom stereocenters. The molecule has 1 amide bonds. The third-order valence-corrected chi connectivity index (χ3v) is 4.76. The van der Waals surface area contributed by atoms with Crippen molar-refractivity contribution in [1.29, 1.82) is 0 Å². The molecule has 20 heavy (non-hydrogen) atoms. The van der Waals surface area contributed by atoms with E-state index < -0.39 is 0 Å². The molecule has 1 atom stereocenters. The average Bonchev–Trinajstić information content (AvgIpc) is 3.12. The Balaban J connectivity index is 1.79. The quantitative estimate of drug-likeness (QED) is 0.867. The molecule has 2 aliphatic heterocycles. The summed E-state index contributed by atoms with van der Waals surface area (Å²) in [6.07, 6.45) is 1.94. The van der Waals surface area contributed by atoms with E-state index in [1.165, 1.54) is 0 Å². The molecule has 0 spiro atoms. The maximum atomic E-state index is 12.4. The van der Waals surface area contributed by atoms with Crippen molar-refractivity contribution >= 4 is 17.2 Å². The van der Waals surface area contributed by atoms with Crippen molar-refractivity contribution in [2.24, 2.45) is 0 Å². The van der Waals surface area contributed by atoms with Gasteiger partial charge in [-0.15, -0.1) is 11.3 Å². The summed E-state index contributed by atoms with van der Waals surface area (Å²) in [5.41, 5.74) is 1.87. The number of rotatable bonds is 1. The van der Waals surface area contributed by atoms with Crippen molar-refractivity contribution < 1.29 is 9.53 Å². The van der Waals surface area contributed by atoms with Gasteiger partial charge in [0.2, 0.25) is 0 Å². The maximum absolute atomic E-state index is 12.4. The van der Waals surface area contributed by atoms with Gasteiger partial charge in [0.1, 0.15) is 11.2 Å². The lowest BCUT2D eigenvalue weighted by atomic mass is 10.2. The fourth-order valence-electron chi connectivity index (χ4n) is 2.85. The van der Waals surface area contributed by atoms with Gasteiger partial charge < -0.3 is 14.6 Å². The number of carbonyl (C=O) groups is 1. The summed E-state index contributed by atoms with van der Waals surface area (Å²) >= 11 is 1.60. The van der Waals surface area contributed by atoms with Gasteiger partial charge in [0, 0.05) is 19.3 Å². The van der Waals surface area contributed by atoms with E-state index in [4.69, 9.17) is 4.74 Å². The first-order chi connectivity index (χ1) is 9.84. The number of nitrogens with zero attached hydrogens (tertiary/aromatic N) is 2. The van der Waals surface area contributed by atoms with E-state index >= 15 is 0 Å². The molecule has 1 saturated heterocycles. The fourth-order valence-corrected chi connectivity index (χ4v) is 3.75. The summed E-state index contributed by atoms with van der Waals surface area (Å²) < 4.78 is 7.53. The van der Waals surface area contributed by atoms with Gasteiger partial charge in [-0.25, -0.2) is 0 Å². The van der Waals surface area contributed by atoms with Crippen LogP contribution in [0, 0.1) is 0 Å². The Labute approximate surface area is 120 Å². The normalized spacial score (nSPS) is 22.8. The molecular formula is C14H15N3O2S. The second-order valence-corrected chi connectivity index (χ2v) is 5.86. The topological polar surface area (TPSA) is 46.5 Å². The number of morpholine rings is 1. The first kappa shape index (κ1) is 12.1. The van der Waals surface area contributed by atoms with Crippen LogP contribution in [-0.4, -0.2) is 41.7 Å². The first-order valence-corrected chi connectivity index (χ1v) is 7.60. The smallest absolute Gasteiger partial charge is 0.255 e. The predicted octanol–water partition coefficient (Wildman–Crippen LogP) is 1.61. The van der Waals surface area contributed by atoms with Crippen molar-refractivity contribution in [2.75, 3.05) is 26.3 Å². The van der Waals surface area contributed by atoms with E-state index in [-0.39, 0.29) is 12.1 Å². The Kier molecular flexibility index (Phi) is 2.87. The molecule has 0 aliphatic carbocycles. The number of hydrogen-bond donors (Lipinski definition) is 1. The number of aromatic nitrogens is 1. The van der Waals surface area contributed by atoms with Gasteiger partial charge in [-0.2, -0.15) is 0 Å². The predicted molar refractivity (Wildman–Crippen MR) is 76.2 cm³/mol.